The minimum absolute atomic E-state index is 0.112. The van der Waals surface area contributed by atoms with Crippen molar-refractivity contribution in [1.82, 2.24) is 0 Å². The second-order valence-corrected chi connectivity index (χ2v) is 6.33. The molecule has 1 saturated heterocycles. The first kappa shape index (κ1) is 17.8. The number of rotatable bonds is 5. The first-order valence-electron chi connectivity index (χ1n) is 8.37. The smallest absolute Gasteiger partial charge is 0.256 e. The van der Waals surface area contributed by atoms with Gasteiger partial charge < -0.3 is 14.8 Å². The highest BCUT2D eigenvalue weighted by Crippen LogP contribution is 2.34. The molecule has 1 heterocycles. The lowest BCUT2D eigenvalue weighted by molar-refractivity contribution is -0.121. The lowest BCUT2D eigenvalue weighted by Gasteiger charge is -2.18. The minimum Gasteiger partial charge on any atom is -0.493 e. The third kappa shape index (κ3) is 3.22. The van der Waals surface area contributed by atoms with E-state index in [0.29, 0.717) is 17.2 Å². The van der Waals surface area contributed by atoms with Gasteiger partial charge >= 0.3 is 0 Å². The van der Waals surface area contributed by atoms with Gasteiger partial charge in [-0.25, -0.2) is 4.90 Å². The van der Waals surface area contributed by atoms with Gasteiger partial charge in [0.25, 0.3) is 5.91 Å². The molecule has 2 aromatic rings. The summed E-state index contributed by atoms with van der Waals surface area (Å²) in [6.45, 7) is 3.99. The van der Waals surface area contributed by atoms with Crippen LogP contribution in [0.5, 0.6) is 11.5 Å². The van der Waals surface area contributed by atoms with E-state index in [0.717, 1.165) is 16.8 Å². The standard InChI is InChI=1S/C20H22N2O4/c1-12-5-7-15(13(2)9-12)21-16-11-19(23)22(20(16)24)14-6-8-17(25-3)18(10-14)26-4/h5-10,16,21H,11H2,1-4H3/t16-/m1/s1. The maximum Gasteiger partial charge on any atom is 0.256 e. The fraction of sp³-hybridized carbons (Fsp3) is 0.300. The number of amides is 2. The van der Waals surface area contributed by atoms with E-state index in [1.54, 1.807) is 18.2 Å². The Morgan fingerprint density at radius 2 is 1.73 bits per heavy atom. The zero-order chi connectivity index (χ0) is 18.8. The largest absolute Gasteiger partial charge is 0.493 e. The lowest BCUT2D eigenvalue weighted by Crippen LogP contribution is -2.34. The van der Waals surface area contributed by atoms with Crippen LogP contribution in [-0.2, 0) is 9.59 Å². The zero-order valence-electron chi connectivity index (χ0n) is 15.3. The SMILES string of the molecule is COc1ccc(N2C(=O)C[C@@H](Nc3ccc(C)cc3C)C2=O)cc1OC. The normalized spacial score (nSPS) is 16.8. The van der Waals surface area contributed by atoms with Crippen LogP contribution < -0.4 is 19.7 Å². The Morgan fingerprint density at radius 1 is 1.00 bits per heavy atom. The highest BCUT2D eigenvalue weighted by Gasteiger charge is 2.40. The number of carbonyl (C=O) groups excluding carboxylic acids is 2. The van der Waals surface area contributed by atoms with Crippen molar-refractivity contribution in [3.05, 3.63) is 47.5 Å². The van der Waals surface area contributed by atoms with E-state index in [1.165, 1.54) is 19.1 Å². The van der Waals surface area contributed by atoms with Crippen LogP contribution in [0.3, 0.4) is 0 Å². The molecule has 1 atom stereocenters. The Hall–Kier alpha value is -3.02. The molecule has 0 radical (unpaired) electrons. The Balaban J connectivity index is 1.85. The number of aryl methyl sites for hydroxylation is 2. The van der Waals surface area contributed by atoms with Gasteiger partial charge in [0, 0.05) is 11.8 Å². The number of imide groups is 1. The molecule has 26 heavy (non-hydrogen) atoms. The number of methoxy groups -OCH3 is 2. The molecule has 3 rings (SSSR count). The van der Waals surface area contributed by atoms with E-state index in [9.17, 15) is 9.59 Å². The number of ether oxygens (including phenoxy) is 2. The summed E-state index contributed by atoms with van der Waals surface area (Å²) in [5.41, 5.74) is 3.52. The number of anilines is 2. The zero-order valence-corrected chi connectivity index (χ0v) is 15.3. The van der Waals surface area contributed by atoms with Gasteiger partial charge in [-0.3, -0.25) is 9.59 Å². The predicted molar refractivity (Wildman–Crippen MR) is 100.0 cm³/mol. The van der Waals surface area contributed by atoms with Gasteiger partial charge in [0.05, 0.1) is 26.3 Å². The maximum absolute atomic E-state index is 12.8. The van der Waals surface area contributed by atoms with Crippen molar-refractivity contribution in [1.29, 1.82) is 0 Å². The van der Waals surface area contributed by atoms with Crippen molar-refractivity contribution < 1.29 is 19.1 Å². The summed E-state index contributed by atoms with van der Waals surface area (Å²) in [6.07, 6.45) is 0.112. The summed E-state index contributed by atoms with van der Waals surface area (Å²) in [4.78, 5) is 26.5. The van der Waals surface area contributed by atoms with Crippen molar-refractivity contribution in [3.8, 4) is 11.5 Å². The minimum atomic E-state index is -0.586. The molecule has 0 aliphatic carbocycles. The lowest BCUT2D eigenvalue weighted by atomic mass is 10.1. The van der Waals surface area contributed by atoms with E-state index >= 15 is 0 Å². The molecule has 1 fully saturated rings. The molecule has 2 amide bonds. The summed E-state index contributed by atoms with van der Waals surface area (Å²) in [5, 5.41) is 3.20. The van der Waals surface area contributed by atoms with Crippen molar-refractivity contribution in [2.75, 3.05) is 24.4 Å². The molecular formula is C20H22N2O4. The van der Waals surface area contributed by atoms with Gasteiger partial charge in [0.15, 0.2) is 11.5 Å². The van der Waals surface area contributed by atoms with Gasteiger partial charge in [-0.05, 0) is 37.6 Å². The third-order valence-corrected chi connectivity index (χ3v) is 4.48. The molecule has 0 spiro atoms. The van der Waals surface area contributed by atoms with Crippen LogP contribution in [0.4, 0.5) is 11.4 Å². The summed E-state index contributed by atoms with van der Waals surface area (Å²) in [6, 6.07) is 10.3. The quantitative estimate of drug-likeness (QED) is 0.836. The number of hydrogen-bond donors (Lipinski definition) is 1. The Kier molecular flexibility index (Phi) is 4.84. The van der Waals surface area contributed by atoms with Crippen molar-refractivity contribution in [2.45, 2.75) is 26.3 Å². The molecule has 6 nitrogen and oxygen atoms in total. The highest BCUT2D eigenvalue weighted by molar-refractivity contribution is 6.23. The van der Waals surface area contributed by atoms with Gasteiger partial charge in [-0.15, -0.1) is 0 Å². The number of hydrogen-bond acceptors (Lipinski definition) is 5. The fourth-order valence-electron chi connectivity index (χ4n) is 3.14. The van der Waals surface area contributed by atoms with Crippen LogP contribution in [0.15, 0.2) is 36.4 Å². The Labute approximate surface area is 152 Å². The van der Waals surface area contributed by atoms with Crippen molar-refractivity contribution in [2.24, 2.45) is 0 Å². The molecule has 6 heteroatoms. The summed E-state index contributed by atoms with van der Waals surface area (Å²) in [7, 11) is 3.05. The van der Waals surface area contributed by atoms with Crippen molar-refractivity contribution in [3.63, 3.8) is 0 Å². The van der Waals surface area contributed by atoms with Crippen LogP contribution in [-0.4, -0.2) is 32.1 Å². The van der Waals surface area contributed by atoms with E-state index < -0.39 is 6.04 Å². The molecule has 2 aromatic carbocycles. The first-order chi connectivity index (χ1) is 12.4. The predicted octanol–water partition coefficient (Wildman–Crippen LogP) is 3.06. The summed E-state index contributed by atoms with van der Waals surface area (Å²) < 4.78 is 10.5. The first-order valence-corrected chi connectivity index (χ1v) is 8.37. The fourth-order valence-corrected chi connectivity index (χ4v) is 3.14. The topological polar surface area (TPSA) is 67.9 Å². The second-order valence-electron chi connectivity index (χ2n) is 6.33. The van der Waals surface area contributed by atoms with Gasteiger partial charge in [-0.2, -0.15) is 0 Å². The van der Waals surface area contributed by atoms with Crippen LogP contribution >= 0.6 is 0 Å². The number of nitrogens with one attached hydrogen (secondary N) is 1. The van der Waals surface area contributed by atoms with E-state index in [-0.39, 0.29) is 18.2 Å². The summed E-state index contributed by atoms with van der Waals surface area (Å²) >= 11 is 0. The number of nitrogens with zero attached hydrogens (tertiary/aromatic N) is 1. The van der Waals surface area contributed by atoms with Crippen LogP contribution in [0.2, 0.25) is 0 Å². The molecular weight excluding hydrogens is 332 g/mol. The molecule has 0 bridgehead atoms. The Bertz CT molecular complexity index is 863. The van der Waals surface area contributed by atoms with Crippen LogP contribution in [0.1, 0.15) is 17.5 Å². The maximum atomic E-state index is 12.8. The molecule has 1 aliphatic heterocycles. The molecule has 136 valence electrons. The molecule has 0 unspecified atom stereocenters. The Morgan fingerprint density at radius 3 is 2.38 bits per heavy atom. The van der Waals surface area contributed by atoms with Crippen molar-refractivity contribution >= 4 is 23.2 Å². The van der Waals surface area contributed by atoms with E-state index in [1.807, 2.05) is 32.0 Å². The van der Waals surface area contributed by atoms with Gasteiger partial charge in [0.2, 0.25) is 5.91 Å². The van der Waals surface area contributed by atoms with E-state index in [2.05, 4.69) is 5.32 Å². The average Bonchev–Trinajstić information content (AvgIpc) is 2.90. The number of carbonyl (C=O) groups is 2. The molecule has 0 saturated carbocycles. The van der Waals surface area contributed by atoms with Crippen LogP contribution in [0, 0.1) is 13.8 Å². The molecule has 1 aliphatic rings. The van der Waals surface area contributed by atoms with Gasteiger partial charge in [-0.1, -0.05) is 17.7 Å². The van der Waals surface area contributed by atoms with E-state index in [4.69, 9.17) is 9.47 Å². The third-order valence-electron chi connectivity index (χ3n) is 4.48. The molecule has 0 aromatic heterocycles. The molecule has 1 N–H and O–H groups in total. The monoisotopic (exact) mass is 354 g/mol. The van der Waals surface area contributed by atoms with Gasteiger partial charge in [0.1, 0.15) is 6.04 Å². The average molecular weight is 354 g/mol. The number of benzene rings is 2. The second kappa shape index (κ2) is 7.07. The van der Waals surface area contributed by atoms with Crippen LogP contribution in [0.25, 0.3) is 0 Å². The summed E-state index contributed by atoms with van der Waals surface area (Å²) in [5.74, 6) is 0.489. The highest BCUT2D eigenvalue weighted by atomic mass is 16.5.